The number of carbonyl (C=O) groups excluding carboxylic acids is 2. The van der Waals surface area contributed by atoms with Crippen molar-refractivity contribution in [3.8, 4) is 0 Å². The monoisotopic (exact) mass is 376 g/mol. The molecule has 144 valence electrons. The van der Waals surface area contributed by atoms with Gasteiger partial charge in [-0.3, -0.25) is 9.59 Å². The van der Waals surface area contributed by atoms with Crippen LogP contribution in [0.25, 0.3) is 0 Å². The number of hydrogen-bond acceptors (Lipinski definition) is 4. The van der Waals surface area contributed by atoms with Crippen molar-refractivity contribution in [1.82, 2.24) is 5.32 Å². The second-order valence-electron chi connectivity index (χ2n) is 7.21. The zero-order valence-corrected chi connectivity index (χ0v) is 14.9. The fourth-order valence-electron chi connectivity index (χ4n) is 3.95. The molecule has 4 N–H and O–H groups in total. The third kappa shape index (κ3) is 3.70. The van der Waals surface area contributed by atoms with Crippen molar-refractivity contribution in [3.63, 3.8) is 0 Å². The molecule has 0 aromatic heterocycles. The molecular formula is C20H22F2N2O3. The van der Waals surface area contributed by atoms with Crippen LogP contribution in [0.1, 0.15) is 25.3 Å². The quantitative estimate of drug-likeness (QED) is 0.727. The standard InChI is InChI=1S/C20H22F2N2O3/c1-11(24-18(26)8-12-6-14(21)10-15(22)7-12)19(27)20(23)16-5-3-2-4-13(16)9-17(20)25/h2-3,5-7,10-11,13,17,25H,4,8-9,23H2,1H3,(H,24,26)/t11-,13?,17?,20?/m0/s1. The highest BCUT2D eigenvalue weighted by Gasteiger charge is 2.54. The number of halogens is 2. The topological polar surface area (TPSA) is 92.4 Å². The van der Waals surface area contributed by atoms with Crippen molar-refractivity contribution in [2.75, 3.05) is 0 Å². The third-order valence-electron chi connectivity index (χ3n) is 5.25. The zero-order valence-electron chi connectivity index (χ0n) is 14.9. The molecule has 5 nitrogen and oxygen atoms in total. The van der Waals surface area contributed by atoms with Crippen LogP contribution in [0.4, 0.5) is 8.78 Å². The molecule has 0 radical (unpaired) electrons. The molecule has 1 aromatic rings. The first-order chi connectivity index (χ1) is 12.7. The minimum absolute atomic E-state index is 0.0112. The second-order valence-corrected chi connectivity index (χ2v) is 7.21. The highest BCUT2D eigenvalue weighted by Crippen LogP contribution is 2.43. The lowest BCUT2D eigenvalue weighted by atomic mass is 9.80. The van der Waals surface area contributed by atoms with E-state index in [4.69, 9.17) is 5.73 Å². The van der Waals surface area contributed by atoms with E-state index in [-0.39, 0.29) is 17.9 Å². The molecule has 0 bridgehead atoms. The van der Waals surface area contributed by atoms with Crippen LogP contribution in [-0.4, -0.2) is 34.5 Å². The molecule has 1 saturated carbocycles. The Morgan fingerprint density at radius 1 is 1.33 bits per heavy atom. The number of nitrogens with two attached hydrogens (primary N) is 1. The summed E-state index contributed by atoms with van der Waals surface area (Å²) in [4.78, 5) is 25.1. The summed E-state index contributed by atoms with van der Waals surface area (Å²) in [5.41, 5.74) is 5.61. The number of aliphatic hydroxyl groups excluding tert-OH is 1. The van der Waals surface area contributed by atoms with Gasteiger partial charge in [0.25, 0.3) is 0 Å². The number of carbonyl (C=O) groups is 2. The van der Waals surface area contributed by atoms with Gasteiger partial charge < -0.3 is 16.2 Å². The van der Waals surface area contributed by atoms with E-state index in [2.05, 4.69) is 5.32 Å². The Labute approximate surface area is 155 Å². The summed E-state index contributed by atoms with van der Waals surface area (Å²) in [6.07, 6.45) is 5.31. The lowest BCUT2D eigenvalue weighted by Crippen LogP contribution is -2.61. The van der Waals surface area contributed by atoms with Gasteiger partial charge in [-0.2, -0.15) is 0 Å². The number of allylic oxidation sites excluding steroid dienone is 3. The Kier molecular flexibility index (Phi) is 5.26. The average Bonchev–Trinajstić information content (AvgIpc) is 2.85. The zero-order chi connectivity index (χ0) is 19.8. The molecule has 4 atom stereocenters. The van der Waals surface area contributed by atoms with Gasteiger partial charge in [0.1, 0.15) is 17.2 Å². The van der Waals surface area contributed by atoms with Crippen molar-refractivity contribution >= 4 is 11.7 Å². The first-order valence-electron chi connectivity index (χ1n) is 8.84. The van der Waals surface area contributed by atoms with E-state index < -0.39 is 41.0 Å². The van der Waals surface area contributed by atoms with Gasteiger partial charge in [0, 0.05) is 6.07 Å². The maximum absolute atomic E-state index is 13.2. The highest BCUT2D eigenvalue weighted by atomic mass is 19.1. The number of benzene rings is 1. The molecule has 7 heteroatoms. The molecular weight excluding hydrogens is 354 g/mol. The molecule has 3 rings (SSSR count). The molecule has 2 aliphatic carbocycles. The first-order valence-corrected chi connectivity index (χ1v) is 8.84. The van der Waals surface area contributed by atoms with E-state index in [0.717, 1.165) is 18.2 Å². The predicted molar refractivity (Wildman–Crippen MR) is 95.5 cm³/mol. The summed E-state index contributed by atoms with van der Waals surface area (Å²) >= 11 is 0. The summed E-state index contributed by atoms with van der Waals surface area (Å²) in [5, 5.41) is 12.9. The Morgan fingerprint density at radius 3 is 2.67 bits per heavy atom. The highest BCUT2D eigenvalue weighted by molar-refractivity contribution is 5.99. The summed E-state index contributed by atoms with van der Waals surface area (Å²) in [7, 11) is 0. The van der Waals surface area contributed by atoms with E-state index >= 15 is 0 Å². The molecule has 2 aliphatic rings. The average molecular weight is 376 g/mol. The minimum atomic E-state index is -1.55. The van der Waals surface area contributed by atoms with Crippen molar-refractivity contribution < 1.29 is 23.5 Å². The molecule has 3 unspecified atom stereocenters. The van der Waals surface area contributed by atoms with Crippen LogP contribution in [0.2, 0.25) is 0 Å². The van der Waals surface area contributed by atoms with E-state index in [1.165, 1.54) is 6.92 Å². The van der Waals surface area contributed by atoms with Crippen LogP contribution < -0.4 is 11.1 Å². The van der Waals surface area contributed by atoms with E-state index in [9.17, 15) is 23.5 Å². The van der Waals surface area contributed by atoms with Crippen LogP contribution >= 0.6 is 0 Å². The molecule has 1 fully saturated rings. The number of Topliss-reactive ketones (excluding diaryl/α,β-unsaturated/α-hetero) is 1. The molecule has 27 heavy (non-hydrogen) atoms. The van der Waals surface area contributed by atoms with E-state index in [1.54, 1.807) is 12.2 Å². The second kappa shape index (κ2) is 7.32. The number of nitrogens with one attached hydrogen (secondary N) is 1. The number of hydrogen-bond donors (Lipinski definition) is 3. The Balaban J connectivity index is 1.70. The summed E-state index contributed by atoms with van der Waals surface area (Å²) < 4.78 is 26.5. The lowest BCUT2D eigenvalue weighted by molar-refractivity contribution is -0.131. The SMILES string of the molecule is C[C@H](NC(=O)Cc1cc(F)cc(F)c1)C(=O)C1(N)C2=CC=CCC2CC1O. The van der Waals surface area contributed by atoms with Crippen LogP contribution in [0.15, 0.2) is 42.0 Å². The van der Waals surface area contributed by atoms with Gasteiger partial charge in [0.2, 0.25) is 5.91 Å². The van der Waals surface area contributed by atoms with Gasteiger partial charge >= 0.3 is 0 Å². The van der Waals surface area contributed by atoms with Gasteiger partial charge in [-0.25, -0.2) is 8.78 Å². The number of amides is 1. The summed E-state index contributed by atoms with van der Waals surface area (Å²) in [6, 6.07) is 1.88. The molecule has 1 aromatic carbocycles. The van der Waals surface area contributed by atoms with Crippen molar-refractivity contribution in [1.29, 1.82) is 0 Å². The van der Waals surface area contributed by atoms with Crippen molar-refractivity contribution in [2.24, 2.45) is 11.7 Å². The molecule has 0 heterocycles. The Hall–Kier alpha value is -2.38. The van der Waals surface area contributed by atoms with Gasteiger partial charge in [-0.1, -0.05) is 18.2 Å². The fourth-order valence-corrected chi connectivity index (χ4v) is 3.95. The number of ketones is 1. The molecule has 0 saturated heterocycles. The molecule has 1 amide bonds. The fraction of sp³-hybridized carbons (Fsp3) is 0.400. The molecule has 0 aliphatic heterocycles. The van der Waals surface area contributed by atoms with Crippen molar-refractivity contribution in [3.05, 3.63) is 59.2 Å². The predicted octanol–water partition coefficient (Wildman–Crippen LogP) is 1.55. The first kappa shape index (κ1) is 19.4. The van der Waals surface area contributed by atoms with Gasteiger partial charge in [0.05, 0.1) is 18.6 Å². The van der Waals surface area contributed by atoms with Crippen LogP contribution in [0.5, 0.6) is 0 Å². The summed E-state index contributed by atoms with van der Waals surface area (Å²) in [5.74, 6) is -2.60. The Bertz CT molecular complexity index is 816. The maximum atomic E-state index is 13.2. The third-order valence-corrected chi connectivity index (χ3v) is 5.25. The van der Waals surface area contributed by atoms with Crippen LogP contribution in [0.3, 0.4) is 0 Å². The Morgan fingerprint density at radius 2 is 2.00 bits per heavy atom. The number of rotatable bonds is 5. The normalized spacial score (nSPS) is 27.7. The lowest BCUT2D eigenvalue weighted by Gasteiger charge is -2.32. The minimum Gasteiger partial charge on any atom is -0.390 e. The number of aliphatic hydroxyl groups is 1. The van der Waals surface area contributed by atoms with Gasteiger partial charge in [-0.05, 0) is 49.0 Å². The molecule has 0 spiro atoms. The maximum Gasteiger partial charge on any atom is 0.224 e. The van der Waals surface area contributed by atoms with E-state index in [1.807, 2.05) is 6.08 Å². The van der Waals surface area contributed by atoms with Gasteiger partial charge in [-0.15, -0.1) is 0 Å². The van der Waals surface area contributed by atoms with E-state index in [0.29, 0.717) is 18.4 Å². The van der Waals surface area contributed by atoms with Crippen molar-refractivity contribution in [2.45, 2.75) is 43.9 Å². The van der Waals surface area contributed by atoms with Crippen LogP contribution in [-0.2, 0) is 16.0 Å². The largest absolute Gasteiger partial charge is 0.390 e. The number of fused-ring (bicyclic) bond motifs is 1. The summed E-state index contributed by atoms with van der Waals surface area (Å²) in [6.45, 7) is 1.49. The van der Waals surface area contributed by atoms with Crippen LogP contribution in [0, 0.1) is 17.6 Å². The van der Waals surface area contributed by atoms with Gasteiger partial charge in [0.15, 0.2) is 5.78 Å². The smallest absolute Gasteiger partial charge is 0.224 e.